The summed E-state index contributed by atoms with van der Waals surface area (Å²) in [5.41, 5.74) is 2.15. The first-order valence-electron chi connectivity index (χ1n) is 8.73. The molecule has 25 heavy (non-hydrogen) atoms. The van der Waals surface area contributed by atoms with E-state index in [1.54, 1.807) is 23.6 Å². The molecule has 1 aliphatic rings. The van der Waals surface area contributed by atoms with Crippen molar-refractivity contribution < 1.29 is 9.59 Å². The van der Waals surface area contributed by atoms with Crippen LogP contribution in [0.25, 0.3) is 0 Å². The number of Topliss-reactive ketones (excluding diaryl/α,β-unsaturated/α-hetero) is 1. The Morgan fingerprint density at radius 1 is 0.960 bits per heavy atom. The van der Waals surface area contributed by atoms with Crippen LogP contribution < -0.4 is 0 Å². The lowest BCUT2D eigenvalue weighted by Crippen LogP contribution is -2.42. The number of ketones is 1. The molecule has 4 heteroatoms. The molecule has 0 saturated heterocycles. The molecule has 0 fully saturated rings. The predicted octanol–water partition coefficient (Wildman–Crippen LogP) is 4.36. The number of rotatable bonds is 5. The number of amides is 1. The van der Waals surface area contributed by atoms with Crippen LogP contribution in [0.15, 0.2) is 58.3 Å². The normalized spacial score (nSPS) is 14.4. The van der Waals surface area contributed by atoms with Gasteiger partial charge in [-0.05, 0) is 44.0 Å². The molecule has 2 aromatic carbocycles. The van der Waals surface area contributed by atoms with Crippen LogP contribution in [-0.2, 0) is 9.59 Å². The van der Waals surface area contributed by atoms with E-state index in [0.29, 0.717) is 13.1 Å². The third-order valence-electron chi connectivity index (χ3n) is 4.84. The van der Waals surface area contributed by atoms with E-state index in [9.17, 15) is 9.59 Å². The highest BCUT2D eigenvalue weighted by Gasteiger charge is 2.40. The van der Waals surface area contributed by atoms with Gasteiger partial charge in [-0.15, -0.1) is 0 Å². The number of carbonyl (C=O) groups excluding carboxylic acids is 2. The van der Waals surface area contributed by atoms with E-state index in [1.165, 1.54) is 0 Å². The Morgan fingerprint density at radius 3 is 1.88 bits per heavy atom. The minimum Gasteiger partial charge on any atom is -0.343 e. The van der Waals surface area contributed by atoms with Crippen molar-refractivity contribution >= 4 is 23.5 Å². The standard InChI is InChI=1S/C21H23NO2S/c1-4-22(5-2)21(24)19(14(3)23)20-15-10-6-8-12-17(15)25-18-13-9-7-11-16(18)20/h6-13,19-20H,4-5H2,1-3H3/t19-/m0/s1. The zero-order chi connectivity index (χ0) is 18.0. The summed E-state index contributed by atoms with van der Waals surface area (Å²) < 4.78 is 0. The van der Waals surface area contributed by atoms with Gasteiger partial charge in [0.2, 0.25) is 5.91 Å². The maximum atomic E-state index is 13.2. The second-order valence-electron chi connectivity index (χ2n) is 6.25. The van der Waals surface area contributed by atoms with Gasteiger partial charge in [-0.2, -0.15) is 0 Å². The number of nitrogens with zero attached hydrogens (tertiary/aromatic N) is 1. The van der Waals surface area contributed by atoms with Gasteiger partial charge in [0.05, 0.1) is 0 Å². The summed E-state index contributed by atoms with van der Waals surface area (Å²) in [6, 6.07) is 16.2. The van der Waals surface area contributed by atoms with Crippen LogP contribution in [0.5, 0.6) is 0 Å². The highest BCUT2D eigenvalue weighted by molar-refractivity contribution is 7.99. The molecule has 0 N–H and O–H groups in total. The van der Waals surface area contributed by atoms with Gasteiger partial charge in [-0.3, -0.25) is 9.59 Å². The molecule has 1 aliphatic heterocycles. The maximum Gasteiger partial charge on any atom is 0.234 e. The first-order chi connectivity index (χ1) is 12.1. The molecule has 0 saturated carbocycles. The van der Waals surface area contributed by atoms with E-state index in [-0.39, 0.29) is 17.6 Å². The fourth-order valence-electron chi connectivity index (χ4n) is 3.59. The lowest BCUT2D eigenvalue weighted by Gasteiger charge is -2.34. The molecule has 3 rings (SSSR count). The van der Waals surface area contributed by atoms with Crippen molar-refractivity contribution in [2.24, 2.45) is 5.92 Å². The van der Waals surface area contributed by atoms with Gasteiger partial charge < -0.3 is 4.90 Å². The van der Waals surface area contributed by atoms with Crippen molar-refractivity contribution in [3.8, 4) is 0 Å². The van der Waals surface area contributed by atoms with Gasteiger partial charge in [0, 0.05) is 28.8 Å². The smallest absolute Gasteiger partial charge is 0.234 e. The zero-order valence-corrected chi connectivity index (χ0v) is 15.7. The molecule has 3 nitrogen and oxygen atoms in total. The van der Waals surface area contributed by atoms with Crippen molar-refractivity contribution in [3.05, 3.63) is 59.7 Å². The average Bonchev–Trinajstić information content (AvgIpc) is 2.62. The number of hydrogen-bond donors (Lipinski definition) is 0. The van der Waals surface area contributed by atoms with Crippen LogP contribution in [-0.4, -0.2) is 29.7 Å². The molecule has 0 bridgehead atoms. The highest BCUT2D eigenvalue weighted by atomic mass is 32.2. The number of carbonyl (C=O) groups is 2. The Bertz CT molecular complexity index is 752. The number of hydrogen-bond acceptors (Lipinski definition) is 3. The Hall–Kier alpha value is -2.07. The molecular weight excluding hydrogens is 330 g/mol. The third-order valence-corrected chi connectivity index (χ3v) is 6.02. The van der Waals surface area contributed by atoms with Crippen LogP contribution in [0.2, 0.25) is 0 Å². The minimum absolute atomic E-state index is 0.0704. The molecule has 0 aromatic heterocycles. The molecule has 0 spiro atoms. The van der Waals surface area contributed by atoms with Gasteiger partial charge in [0.15, 0.2) is 0 Å². The minimum atomic E-state index is -0.678. The predicted molar refractivity (Wildman–Crippen MR) is 101 cm³/mol. The first kappa shape index (κ1) is 17.7. The highest BCUT2D eigenvalue weighted by Crippen LogP contribution is 2.49. The second kappa shape index (κ2) is 7.44. The molecule has 130 valence electrons. The lowest BCUT2D eigenvalue weighted by atomic mass is 9.77. The van der Waals surface area contributed by atoms with E-state index in [1.807, 2.05) is 50.2 Å². The van der Waals surface area contributed by atoms with Crippen LogP contribution in [0.1, 0.15) is 37.8 Å². The summed E-state index contributed by atoms with van der Waals surface area (Å²) in [6.45, 7) is 6.68. The Morgan fingerprint density at radius 2 is 1.44 bits per heavy atom. The third kappa shape index (κ3) is 3.23. The van der Waals surface area contributed by atoms with Crippen LogP contribution in [0, 0.1) is 5.92 Å². The average molecular weight is 353 g/mol. The summed E-state index contributed by atoms with van der Waals surface area (Å²) in [5.74, 6) is -1.04. The summed E-state index contributed by atoms with van der Waals surface area (Å²) in [4.78, 5) is 29.8. The van der Waals surface area contributed by atoms with E-state index in [4.69, 9.17) is 0 Å². The molecule has 1 heterocycles. The number of fused-ring (bicyclic) bond motifs is 2. The van der Waals surface area contributed by atoms with Crippen molar-refractivity contribution in [1.82, 2.24) is 4.90 Å². The van der Waals surface area contributed by atoms with Crippen molar-refractivity contribution in [1.29, 1.82) is 0 Å². The van der Waals surface area contributed by atoms with Crippen LogP contribution in [0.3, 0.4) is 0 Å². The Kier molecular flexibility index (Phi) is 5.28. The fraction of sp³-hybridized carbons (Fsp3) is 0.333. The van der Waals surface area contributed by atoms with Crippen molar-refractivity contribution in [2.45, 2.75) is 36.5 Å². The molecule has 0 aliphatic carbocycles. The molecule has 0 radical (unpaired) electrons. The summed E-state index contributed by atoms with van der Waals surface area (Å²) in [7, 11) is 0. The van der Waals surface area contributed by atoms with E-state index >= 15 is 0 Å². The Balaban J connectivity index is 2.16. The summed E-state index contributed by atoms with van der Waals surface area (Å²) >= 11 is 1.71. The lowest BCUT2D eigenvalue weighted by molar-refractivity contribution is -0.141. The van der Waals surface area contributed by atoms with E-state index in [2.05, 4.69) is 12.1 Å². The Labute approximate surface area is 153 Å². The first-order valence-corrected chi connectivity index (χ1v) is 9.55. The van der Waals surface area contributed by atoms with Gasteiger partial charge in [-0.25, -0.2) is 0 Å². The van der Waals surface area contributed by atoms with Crippen LogP contribution >= 0.6 is 11.8 Å². The van der Waals surface area contributed by atoms with Gasteiger partial charge in [-0.1, -0.05) is 48.2 Å². The van der Waals surface area contributed by atoms with E-state index < -0.39 is 5.92 Å². The molecule has 0 unspecified atom stereocenters. The van der Waals surface area contributed by atoms with Gasteiger partial charge in [0.1, 0.15) is 11.7 Å². The monoisotopic (exact) mass is 353 g/mol. The SMILES string of the molecule is CCN(CC)C(=O)[C@@H](C(C)=O)C1c2ccccc2Sc2ccccc21. The van der Waals surface area contributed by atoms with Crippen molar-refractivity contribution in [3.63, 3.8) is 0 Å². The zero-order valence-electron chi connectivity index (χ0n) is 14.9. The van der Waals surface area contributed by atoms with E-state index in [0.717, 1.165) is 20.9 Å². The molecule has 2 aromatic rings. The molecule has 1 amide bonds. The molecular formula is C21H23NO2S. The number of benzene rings is 2. The fourth-order valence-corrected chi connectivity index (χ4v) is 4.74. The largest absolute Gasteiger partial charge is 0.343 e. The maximum absolute atomic E-state index is 13.2. The topological polar surface area (TPSA) is 37.4 Å². The second-order valence-corrected chi connectivity index (χ2v) is 7.34. The van der Waals surface area contributed by atoms with Crippen LogP contribution in [0.4, 0.5) is 0 Å². The summed E-state index contributed by atoms with van der Waals surface area (Å²) in [5, 5.41) is 0. The quantitative estimate of drug-likeness (QED) is 0.750. The van der Waals surface area contributed by atoms with Gasteiger partial charge >= 0.3 is 0 Å². The summed E-state index contributed by atoms with van der Waals surface area (Å²) in [6.07, 6.45) is 0. The van der Waals surface area contributed by atoms with Crippen molar-refractivity contribution in [2.75, 3.05) is 13.1 Å². The molecule has 1 atom stereocenters. The van der Waals surface area contributed by atoms with Gasteiger partial charge in [0.25, 0.3) is 0 Å².